The first-order valence-electron chi connectivity index (χ1n) is 7.64. The van der Waals surface area contributed by atoms with Crippen LogP contribution in [-0.2, 0) is 5.41 Å². The fourth-order valence-electron chi connectivity index (χ4n) is 3.50. The van der Waals surface area contributed by atoms with Crippen molar-refractivity contribution in [2.75, 3.05) is 13.7 Å². The van der Waals surface area contributed by atoms with Gasteiger partial charge < -0.3 is 10.1 Å². The van der Waals surface area contributed by atoms with Crippen LogP contribution in [0.1, 0.15) is 44.6 Å². The molecule has 2 heteroatoms. The molecule has 2 nitrogen and oxygen atoms in total. The van der Waals surface area contributed by atoms with Gasteiger partial charge in [0.05, 0.1) is 7.11 Å². The quantitative estimate of drug-likeness (QED) is 0.844. The van der Waals surface area contributed by atoms with Gasteiger partial charge in [-0.3, -0.25) is 0 Å². The van der Waals surface area contributed by atoms with Crippen LogP contribution in [0.25, 0.3) is 0 Å². The topological polar surface area (TPSA) is 21.3 Å². The predicted molar refractivity (Wildman–Crippen MR) is 78.7 cm³/mol. The fraction of sp³-hybridized carbons (Fsp3) is 0.647. The van der Waals surface area contributed by atoms with Gasteiger partial charge in [-0.25, -0.2) is 0 Å². The molecule has 2 aliphatic rings. The maximum atomic E-state index is 5.59. The maximum absolute atomic E-state index is 5.59. The molecule has 0 radical (unpaired) electrons. The molecule has 0 unspecified atom stereocenters. The highest BCUT2D eigenvalue weighted by atomic mass is 16.5. The van der Waals surface area contributed by atoms with Gasteiger partial charge in [0, 0.05) is 23.6 Å². The Bertz CT molecular complexity index is 433. The standard InChI is InChI=1S/C17H25NO/c1-3-13-10-17(11-13,12-18-14-8-9-14)15-6-4-5-7-16(15)19-2/h4-7,13-14,18H,3,8-12H2,1-2H3. The van der Waals surface area contributed by atoms with Crippen molar-refractivity contribution in [2.45, 2.75) is 50.5 Å². The Kier molecular flexibility index (Phi) is 3.53. The third-order valence-corrected chi connectivity index (χ3v) is 4.92. The summed E-state index contributed by atoms with van der Waals surface area (Å²) in [6.07, 6.45) is 6.64. The van der Waals surface area contributed by atoms with Crippen LogP contribution in [0.5, 0.6) is 5.75 Å². The number of para-hydroxylation sites is 1. The second kappa shape index (κ2) is 5.16. The minimum absolute atomic E-state index is 0.315. The minimum atomic E-state index is 0.315. The van der Waals surface area contributed by atoms with E-state index in [1.807, 2.05) is 0 Å². The Labute approximate surface area is 116 Å². The van der Waals surface area contributed by atoms with Gasteiger partial charge in [-0.2, -0.15) is 0 Å². The molecule has 1 aromatic rings. The number of hydrogen-bond acceptors (Lipinski definition) is 2. The van der Waals surface area contributed by atoms with Crippen molar-refractivity contribution in [2.24, 2.45) is 5.92 Å². The summed E-state index contributed by atoms with van der Waals surface area (Å²) >= 11 is 0. The smallest absolute Gasteiger partial charge is 0.122 e. The van der Waals surface area contributed by atoms with E-state index in [1.165, 1.54) is 37.7 Å². The van der Waals surface area contributed by atoms with Crippen LogP contribution in [0.3, 0.4) is 0 Å². The van der Waals surface area contributed by atoms with Crippen LogP contribution in [0.4, 0.5) is 0 Å². The van der Waals surface area contributed by atoms with Crippen molar-refractivity contribution in [3.8, 4) is 5.75 Å². The average molecular weight is 259 g/mol. The number of methoxy groups -OCH3 is 1. The van der Waals surface area contributed by atoms with Crippen LogP contribution in [0.15, 0.2) is 24.3 Å². The molecule has 0 amide bonds. The third kappa shape index (κ3) is 2.51. The molecule has 19 heavy (non-hydrogen) atoms. The highest BCUT2D eigenvalue weighted by Crippen LogP contribution is 2.51. The summed E-state index contributed by atoms with van der Waals surface area (Å²) < 4.78 is 5.59. The van der Waals surface area contributed by atoms with E-state index >= 15 is 0 Å². The van der Waals surface area contributed by atoms with E-state index in [0.717, 1.165) is 24.3 Å². The Hall–Kier alpha value is -1.02. The first kappa shape index (κ1) is 13.0. The van der Waals surface area contributed by atoms with Crippen molar-refractivity contribution in [1.29, 1.82) is 0 Å². The summed E-state index contributed by atoms with van der Waals surface area (Å²) in [7, 11) is 1.79. The molecule has 0 bridgehead atoms. The monoisotopic (exact) mass is 259 g/mol. The molecule has 104 valence electrons. The zero-order valence-corrected chi connectivity index (χ0v) is 12.1. The molecule has 1 aromatic carbocycles. The fourth-order valence-corrected chi connectivity index (χ4v) is 3.50. The predicted octanol–water partition coefficient (Wildman–Crippen LogP) is 3.51. The summed E-state index contributed by atoms with van der Waals surface area (Å²) in [5.41, 5.74) is 1.73. The van der Waals surface area contributed by atoms with Crippen LogP contribution < -0.4 is 10.1 Å². The lowest BCUT2D eigenvalue weighted by atomic mass is 9.57. The molecule has 2 saturated carbocycles. The van der Waals surface area contributed by atoms with Crippen molar-refractivity contribution in [3.63, 3.8) is 0 Å². The summed E-state index contributed by atoms with van der Waals surface area (Å²) in [5.74, 6) is 1.96. The molecule has 0 heterocycles. The van der Waals surface area contributed by atoms with E-state index < -0.39 is 0 Å². The highest BCUT2D eigenvalue weighted by Gasteiger charge is 2.46. The van der Waals surface area contributed by atoms with Gasteiger partial charge in [-0.15, -0.1) is 0 Å². The zero-order chi connectivity index (χ0) is 13.3. The van der Waals surface area contributed by atoms with Gasteiger partial charge in [0.2, 0.25) is 0 Å². The lowest BCUT2D eigenvalue weighted by Crippen LogP contribution is -2.49. The van der Waals surface area contributed by atoms with Crippen LogP contribution in [-0.4, -0.2) is 19.7 Å². The molecule has 2 fully saturated rings. The lowest BCUT2D eigenvalue weighted by molar-refractivity contribution is 0.130. The molecule has 0 aromatic heterocycles. The number of nitrogens with one attached hydrogen (secondary N) is 1. The van der Waals surface area contributed by atoms with Gasteiger partial charge >= 0.3 is 0 Å². The largest absolute Gasteiger partial charge is 0.496 e. The van der Waals surface area contributed by atoms with E-state index in [9.17, 15) is 0 Å². The minimum Gasteiger partial charge on any atom is -0.496 e. The number of rotatable bonds is 6. The second-order valence-electron chi connectivity index (χ2n) is 6.32. The number of benzene rings is 1. The summed E-state index contributed by atoms with van der Waals surface area (Å²) in [5, 5.41) is 3.74. The second-order valence-corrected chi connectivity index (χ2v) is 6.32. The lowest BCUT2D eigenvalue weighted by Gasteiger charge is -2.49. The van der Waals surface area contributed by atoms with Crippen molar-refractivity contribution < 1.29 is 4.74 Å². The molecular formula is C17H25NO. The Balaban J connectivity index is 1.81. The highest BCUT2D eigenvalue weighted by molar-refractivity contribution is 5.42. The summed E-state index contributed by atoms with van der Waals surface area (Å²) in [6, 6.07) is 9.37. The van der Waals surface area contributed by atoms with Gasteiger partial charge in [0.15, 0.2) is 0 Å². The van der Waals surface area contributed by atoms with E-state index in [1.54, 1.807) is 7.11 Å². The van der Waals surface area contributed by atoms with Crippen LogP contribution >= 0.6 is 0 Å². The van der Waals surface area contributed by atoms with Gasteiger partial charge in [-0.1, -0.05) is 31.5 Å². The van der Waals surface area contributed by atoms with Crippen LogP contribution in [0, 0.1) is 5.92 Å². The third-order valence-electron chi connectivity index (χ3n) is 4.92. The van der Waals surface area contributed by atoms with Crippen molar-refractivity contribution >= 4 is 0 Å². The molecular weight excluding hydrogens is 234 g/mol. The molecule has 2 aliphatic carbocycles. The van der Waals surface area contributed by atoms with Gasteiger partial charge in [0.25, 0.3) is 0 Å². The van der Waals surface area contributed by atoms with E-state index in [2.05, 4.69) is 36.5 Å². The maximum Gasteiger partial charge on any atom is 0.122 e. The Morgan fingerprint density at radius 1 is 1.26 bits per heavy atom. The molecule has 0 saturated heterocycles. The van der Waals surface area contributed by atoms with Crippen molar-refractivity contribution in [1.82, 2.24) is 5.32 Å². The molecule has 3 rings (SSSR count). The number of ether oxygens (including phenoxy) is 1. The van der Waals surface area contributed by atoms with Gasteiger partial charge in [0.1, 0.15) is 5.75 Å². The average Bonchev–Trinajstić information content (AvgIpc) is 3.22. The summed E-state index contributed by atoms with van der Waals surface area (Å²) in [6.45, 7) is 3.43. The first-order valence-corrected chi connectivity index (χ1v) is 7.64. The van der Waals surface area contributed by atoms with Gasteiger partial charge in [-0.05, 0) is 37.7 Å². The Morgan fingerprint density at radius 3 is 2.63 bits per heavy atom. The first-order chi connectivity index (χ1) is 9.27. The molecule has 0 aliphatic heterocycles. The molecule has 1 N–H and O–H groups in total. The zero-order valence-electron chi connectivity index (χ0n) is 12.1. The van der Waals surface area contributed by atoms with Crippen LogP contribution in [0.2, 0.25) is 0 Å². The normalized spacial score (nSPS) is 29.9. The van der Waals surface area contributed by atoms with E-state index in [-0.39, 0.29) is 0 Å². The van der Waals surface area contributed by atoms with E-state index in [4.69, 9.17) is 4.74 Å². The number of hydrogen-bond donors (Lipinski definition) is 1. The summed E-state index contributed by atoms with van der Waals surface area (Å²) in [4.78, 5) is 0. The van der Waals surface area contributed by atoms with Crippen molar-refractivity contribution in [3.05, 3.63) is 29.8 Å². The molecule has 0 atom stereocenters. The molecule has 0 spiro atoms. The SMILES string of the molecule is CCC1CC(CNC2CC2)(c2ccccc2OC)C1. The van der Waals surface area contributed by atoms with E-state index in [0.29, 0.717) is 5.41 Å². The Morgan fingerprint density at radius 2 is 2.00 bits per heavy atom.